The van der Waals surface area contributed by atoms with Crippen molar-refractivity contribution in [3.8, 4) is 5.75 Å². The van der Waals surface area contributed by atoms with E-state index in [1.165, 1.54) is 5.56 Å². The number of ether oxygens (including phenoxy) is 1. The second-order valence-electron chi connectivity index (χ2n) is 6.03. The molecule has 0 fully saturated rings. The molecule has 0 saturated heterocycles. The first kappa shape index (κ1) is 17.0. The molecule has 3 aromatic rings. The van der Waals surface area contributed by atoms with Crippen LogP contribution in [-0.2, 0) is 11.2 Å². The Kier molecular flexibility index (Phi) is 5.34. The minimum atomic E-state index is -0.531. The first-order valence-corrected chi connectivity index (χ1v) is 8.75. The number of anilines is 1. The van der Waals surface area contributed by atoms with Gasteiger partial charge >= 0.3 is 0 Å². The van der Waals surface area contributed by atoms with Crippen LogP contribution in [-0.4, -0.2) is 12.0 Å². The monoisotopic (exact) mass is 333 g/mol. The zero-order chi connectivity index (χ0) is 17.6. The third-order valence-electron chi connectivity index (χ3n) is 4.31. The maximum Gasteiger partial charge on any atom is 0.265 e. The molecule has 0 spiro atoms. The lowest BCUT2D eigenvalue weighted by molar-refractivity contribution is -0.122. The first-order chi connectivity index (χ1) is 12.2. The molecule has 3 heteroatoms. The number of hydrogen-bond donors (Lipinski definition) is 1. The van der Waals surface area contributed by atoms with Gasteiger partial charge < -0.3 is 10.1 Å². The molecule has 0 bridgehead atoms. The van der Waals surface area contributed by atoms with Crippen molar-refractivity contribution in [2.45, 2.75) is 32.8 Å². The quantitative estimate of drug-likeness (QED) is 0.673. The fraction of sp³-hybridized carbons (Fsp3) is 0.227. The van der Waals surface area contributed by atoms with Gasteiger partial charge in [0, 0.05) is 11.1 Å². The Hall–Kier alpha value is -2.81. The molecule has 25 heavy (non-hydrogen) atoms. The van der Waals surface area contributed by atoms with E-state index in [4.69, 9.17) is 4.74 Å². The van der Waals surface area contributed by atoms with Crippen LogP contribution in [0.2, 0.25) is 0 Å². The molecule has 0 aliphatic carbocycles. The Morgan fingerprint density at radius 1 is 0.960 bits per heavy atom. The second-order valence-corrected chi connectivity index (χ2v) is 6.03. The maximum absolute atomic E-state index is 12.6. The van der Waals surface area contributed by atoms with Crippen molar-refractivity contribution in [2.75, 3.05) is 5.32 Å². The molecular formula is C22H23NO2. The number of rotatable bonds is 6. The van der Waals surface area contributed by atoms with E-state index >= 15 is 0 Å². The van der Waals surface area contributed by atoms with Crippen LogP contribution in [0.3, 0.4) is 0 Å². The zero-order valence-electron chi connectivity index (χ0n) is 14.7. The van der Waals surface area contributed by atoms with Crippen LogP contribution in [0.4, 0.5) is 5.69 Å². The number of nitrogens with one attached hydrogen (secondary N) is 1. The number of benzene rings is 3. The second kappa shape index (κ2) is 7.84. The summed E-state index contributed by atoms with van der Waals surface area (Å²) in [6.45, 7) is 4.06. The summed E-state index contributed by atoms with van der Waals surface area (Å²) in [6, 6.07) is 21.9. The highest BCUT2D eigenvalue weighted by Crippen LogP contribution is 2.26. The van der Waals surface area contributed by atoms with E-state index in [0.717, 1.165) is 28.6 Å². The average molecular weight is 333 g/mol. The summed E-state index contributed by atoms with van der Waals surface area (Å²) in [5.41, 5.74) is 2.04. The lowest BCUT2D eigenvalue weighted by atomic mass is 10.1. The molecule has 1 atom stereocenters. The molecule has 0 radical (unpaired) electrons. The summed E-state index contributed by atoms with van der Waals surface area (Å²) in [7, 11) is 0. The van der Waals surface area contributed by atoms with Crippen LogP contribution in [0.25, 0.3) is 10.8 Å². The molecule has 1 amide bonds. The Bertz CT molecular complexity index is 850. The third kappa shape index (κ3) is 4.00. The summed E-state index contributed by atoms with van der Waals surface area (Å²) in [4.78, 5) is 12.6. The lowest BCUT2D eigenvalue weighted by Crippen LogP contribution is -2.32. The van der Waals surface area contributed by atoms with Crippen molar-refractivity contribution in [1.29, 1.82) is 0 Å². The Morgan fingerprint density at radius 2 is 1.68 bits per heavy atom. The molecule has 3 aromatic carbocycles. The normalized spacial score (nSPS) is 11.9. The molecular weight excluding hydrogens is 310 g/mol. The van der Waals surface area contributed by atoms with Crippen molar-refractivity contribution in [1.82, 2.24) is 0 Å². The van der Waals surface area contributed by atoms with Gasteiger partial charge in [-0.3, -0.25) is 4.79 Å². The predicted molar refractivity (Wildman–Crippen MR) is 103 cm³/mol. The molecule has 0 aliphatic rings. The number of amides is 1. The molecule has 0 saturated carbocycles. The SMILES string of the molecule is CCc1ccc(NC(=O)[C@H](CC)Oc2cccc3ccccc23)cc1. The van der Waals surface area contributed by atoms with Gasteiger partial charge in [-0.2, -0.15) is 0 Å². The van der Waals surface area contributed by atoms with Crippen molar-refractivity contribution >= 4 is 22.4 Å². The van der Waals surface area contributed by atoms with Gasteiger partial charge in [-0.15, -0.1) is 0 Å². The van der Waals surface area contributed by atoms with Gasteiger partial charge in [0.05, 0.1) is 0 Å². The standard InChI is InChI=1S/C22H23NO2/c1-3-16-12-14-18(15-13-16)23-22(24)20(4-2)25-21-11-7-9-17-8-5-6-10-19(17)21/h5-15,20H,3-4H2,1-2H3,(H,23,24)/t20-/m0/s1. The van der Waals surface area contributed by atoms with Crippen molar-refractivity contribution < 1.29 is 9.53 Å². The molecule has 0 aromatic heterocycles. The molecule has 1 N–H and O–H groups in total. The minimum Gasteiger partial charge on any atom is -0.480 e. The van der Waals surface area contributed by atoms with Crippen LogP contribution in [0, 0.1) is 0 Å². The molecule has 0 aliphatic heterocycles. The van der Waals surface area contributed by atoms with E-state index in [0.29, 0.717) is 6.42 Å². The zero-order valence-corrected chi connectivity index (χ0v) is 14.7. The van der Waals surface area contributed by atoms with Gasteiger partial charge in [-0.05, 0) is 42.0 Å². The van der Waals surface area contributed by atoms with Gasteiger partial charge in [-0.25, -0.2) is 0 Å². The summed E-state index contributed by atoms with van der Waals surface area (Å²) in [5.74, 6) is 0.612. The summed E-state index contributed by atoms with van der Waals surface area (Å²) >= 11 is 0. The van der Waals surface area contributed by atoms with E-state index in [-0.39, 0.29) is 5.91 Å². The minimum absolute atomic E-state index is 0.125. The van der Waals surface area contributed by atoms with Gasteiger partial charge in [0.15, 0.2) is 6.10 Å². The number of aryl methyl sites for hydroxylation is 1. The largest absolute Gasteiger partial charge is 0.480 e. The smallest absolute Gasteiger partial charge is 0.265 e. The van der Waals surface area contributed by atoms with E-state index in [2.05, 4.69) is 12.2 Å². The summed E-state index contributed by atoms with van der Waals surface area (Å²) in [5, 5.41) is 5.07. The highest BCUT2D eigenvalue weighted by molar-refractivity contribution is 5.95. The number of carbonyl (C=O) groups excluding carboxylic acids is 1. The van der Waals surface area contributed by atoms with Gasteiger partial charge in [-0.1, -0.05) is 62.4 Å². The maximum atomic E-state index is 12.6. The van der Waals surface area contributed by atoms with Crippen LogP contribution < -0.4 is 10.1 Å². The van der Waals surface area contributed by atoms with Crippen LogP contribution in [0.5, 0.6) is 5.75 Å². The average Bonchev–Trinajstić information content (AvgIpc) is 2.66. The number of hydrogen-bond acceptors (Lipinski definition) is 2. The Balaban J connectivity index is 1.75. The highest BCUT2D eigenvalue weighted by atomic mass is 16.5. The van der Waals surface area contributed by atoms with Crippen molar-refractivity contribution in [3.05, 3.63) is 72.3 Å². The van der Waals surface area contributed by atoms with E-state index < -0.39 is 6.10 Å². The van der Waals surface area contributed by atoms with E-state index in [1.807, 2.05) is 73.7 Å². The Morgan fingerprint density at radius 3 is 2.40 bits per heavy atom. The van der Waals surface area contributed by atoms with Gasteiger partial charge in [0.2, 0.25) is 0 Å². The fourth-order valence-corrected chi connectivity index (χ4v) is 2.82. The summed E-state index contributed by atoms with van der Waals surface area (Å²) < 4.78 is 6.04. The fourth-order valence-electron chi connectivity index (χ4n) is 2.82. The van der Waals surface area contributed by atoms with Crippen LogP contribution in [0.15, 0.2) is 66.7 Å². The number of carbonyl (C=O) groups is 1. The molecule has 0 unspecified atom stereocenters. The van der Waals surface area contributed by atoms with Crippen LogP contribution in [0.1, 0.15) is 25.8 Å². The third-order valence-corrected chi connectivity index (χ3v) is 4.31. The van der Waals surface area contributed by atoms with Gasteiger partial charge in [0.1, 0.15) is 5.75 Å². The van der Waals surface area contributed by atoms with Gasteiger partial charge in [0.25, 0.3) is 5.91 Å². The Labute approximate surface area is 148 Å². The molecule has 3 rings (SSSR count). The molecule has 128 valence electrons. The van der Waals surface area contributed by atoms with E-state index in [1.54, 1.807) is 0 Å². The molecule has 0 heterocycles. The van der Waals surface area contributed by atoms with Crippen molar-refractivity contribution in [3.63, 3.8) is 0 Å². The van der Waals surface area contributed by atoms with E-state index in [9.17, 15) is 4.79 Å². The lowest BCUT2D eigenvalue weighted by Gasteiger charge is -2.18. The number of fused-ring (bicyclic) bond motifs is 1. The van der Waals surface area contributed by atoms with Crippen molar-refractivity contribution in [2.24, 2.45) is 0 Å². The first-order valence-electron chi connectivity index (χ1n) is 8.75. The highest BCUT2D eigenvalue weighted by Gasteiger charge is 2.19. The van der Waals surface area contributed by atoms with Crippen LogP contribution >= 0.6 is 0 Å². The summed E-state index contributed by atoms with van der Waals surface area (Å²) in [6.07, 6.45) is 1.05. The molecule has 3 nitrogen and oxygen atoms in total. The predicted octanol–water partition coefficient (Wildman–Crippen LogP) is 5.20. The topological polar surface area (TPSA) is 38.3 Å².